The summed E-state index contributed by atoms with van der Waals surface area (Å²) in [5.74, 6) is 2.00. The second kappa shape index (κ2) is 8.96. The maximum absolute atomic E-state index is 4.73. The fraction of sp³-hybridized carbons (Fsp3) is 0.286. The Labute approximate surface area is 209 Å². The number of hydrogen-bond acceptors (Lipinski definition) is 6. The van der Waals surface area contributed by atoms with Crippen molar-refractivity contribution in [3.63, 3.8) is 0 Å². The summed E-state index contributed by atoms with van der Waals surface area (Å²) < 4.78 is 0. The molecule has 0 spiro atoms. The first-order chi connectivity index (χ1) is 17.8. The van der Waals surface area contributed by atoms with E-state index in [2.05, 4.69) is 78.0 Å². The van der Waals surface area contributed by atoms with Crippen LogP contribution >= 0.6 is 0 Å². The van der Waals surface area contributed by atoms with E-state index in [1.54, 1.807) is 0 Å². The maximum atomic E-state index is 4.73. The minimum atomic E-state index is 0.297. The minimum absolute atomic E-state index is 0.297. The van der Waals surface area contributed by atoms with Gasteiger partial charge in [-0.2, -0.15) is 0 Å². The zero-order valence-electron chi connectivity index (χ0n) is 20.0. The van der Waals surface area contributed by atoms with Gasteiger partial charge in [0.15, 0.2) is 5.65 Å². The van der Waals surface area contributed by atoms with Crippen molar-refractivity contribution >= 4 is 11.2 Å². The summed E-state index contributed by atoms with van der Waals surface area (Å²) in [6, 6.07) is 15.4. The number of rotatable bonds is 5. The third kappa shape index (κ3) is 3.98. The van der Waals surface area contributed by atoms with Gasteiger partial charge in [0.2, 0.25) is 0 Å². The van der Waals surface area contributed by atoms with E-state index in [-0.39, 0.29) is 0 Å². The molecule has 0 aliphatic carbocycles. The molecule has 1 aromatic carbocycles. The molecule has 8 heteroatoms. The monoisotopic (exact) mass is 476 g/mol. The number of nitrogens with zero attached hydrogens (tertiary/aromatic N) is 4. The second-order valence-electron chi connectivity index (χ2n) is 9.71. The number of pyridine rings is 2. The van der Waals surface area contributed by atoms with Gasteiger partial charge < -0.3 is 20.6 Å². The van der Waals surface area contributed by atoms with E-state index < -0.39 is 0 Å². The number of imidazole rings is 2. The Hall–Kier alpha value is -3.88. The number of H-pyrrole nitrogens is 2. The minimum Gasteiger partial charge on any atom is -0.341 e. The Bertz CT molecular complexity index is 1490. The van der Waals surface area contributed by atoms with E-state index in [0.29, 0.717) is 12.1 Å². The first-order valence-corrected chi connectivity index (χ1v) is 12.7. The molecule has 36 heavy (non-hydrogen) atoms. The van der Waals surface area contributed by atoms with Crippen LogP contribution in [0, 0.1) is 0 Å². The largest absolute Gasteiger partial charge is 0.341 e. The first-order valence-electron chi connectivity index (χ1n) is 12.7. The van der Waals surface area contributed by atoms with Gasteiger partial charge in [-0.15, -0.1) is 0 Å². The van der Waals surface area contributed by atoms with Crippen molar-refractivity contribution in [2.75, 3.05) is 13.1 Å². The van der Waals surface area contributed by atoms with Gasteiger partial charge in [0.05, 0.1) is 35.2 Å². The standard InChI is InChI=1S/C28H28N8/c1-3-22(29-11-1)26-33-16-25(35-26)18-7-5-17(6-8-18)19-9-10-21(31-14-19)20-13-24-27(32-15-20)36-28(34-24)23-4-2-12-30-23/h5-10,13-16,22-23,29-30H,1-4,11-12H2,(H,33,35)(H,32,34,36)/t22-,23?/m0/s1. The van der Waals surface area contributed by atoms with Crippen LogP contribution in [0.2, 0.25) is 0 Å². The third-order valence-electron chi connectivity index (χ3n) is 7.32. The number of aromatic nitrogens is 6. The highest BCUT2D eigenvalue weighted by Crippen LogP contribution is 2.28. The molecule has 8 nitrogen and oxygen atoms in total. The molecule has 5 aromatic rings. The molecule has 4 N–H and O–H groups in total. The fourth-order valence-corrected chi connectivity index (χ4v) is 5.30. The zero-order chi connectivity index (χ0) is 23.9. The maximum Gasteiger partial charge on any atom is 0.177 e. The summed E-state index contributed by atoms with van der Waals surface area (Å²) in [5, 5.41) is 6.98. The summed E-state index contributed by atoms with van der Waals surface area (Å²) in [5.41, 5.74) is 7.96. The SMILES string of the molecule is c1cc(-c2cnc([C@@H]3CCCN3)[nH]2)ccc1-c1ccc(-c2cnc3nc(C4CCCN4)[nH]c3c2)nc1. The van der Waals surface area contributed by atoms with Gasteiger partial charge in [-0.3, -0.25) is 4.98 Å². The van der Waals surface area contributed by atoms with E-state index in [1.165, 1.54) is 12.8 Å². The topological polar surface area (TPSA) is 107 Å². The predicted octanol–water partition coefficient (Wildman–Crippen LogP) is 4.93. The lowest BCUT2D eigenvalue weighted by atomic mass is 10.0. The van der Waals surface area contributed by atoms with Crippen LogP contribution in [0.25, 0.3) is 44.8 Å². The number of nitrogens with one attached hydrogen (secondary N) is 4. The molecule has 6 heterocycles. The van der Waals surface area contributed by atoms with Crippen molar-refractivity contribution in [3.8, 4) is 33.6 Å². The van der Waals surface area contributed by atoms with Crippen LogP contribution in [0.4, 0.5) is 0 Å². The Morgan fingerprint density at radius 3 is 2.08 bits per heavy atom. The molecule has 180 valence electrons. The average Bonchev–Trinajstić information content (AvgIpc) is 3.75. The summed E-state index contributed by atoms with van der Waals surface area (Å²) >= 11 is 0. The highest BCUT2D eigenvalue weighted by Gasteiger charge is 2.21. The molecule has 0 radical (unpaired) electrons. The summed E-state index contributed by atoms with van der Waals surface area (Å²) in [7, 11) is 0. The highest BCUT2D eigenvalue weighted by molar-refractivity contribution is 5.78. The van der Waals surface area contributed by atoms with E-state index in [9.17, 15) is 0 Å². The Morgan fingerprint density at radius 2 is 1.36 bits per heavy atom. The quantitative estimate of drug-likeness (QED) is 0.287. The lowest BCUT2D eigenvalue weighted by molar-refractivity contribution is 0.613. The van der Waals surface area contributed by atoms with Gasteiger partial charge >= 0.3 is 0 Å². The fourth-order valence-electron chi connectivity index (χ4n) is 5.30. The Morgan fingerprint density at radius 1 is 0.639 bits per heavy atom. The zero-order valence-corrected chi connectivity index (χ0v) is 20.0. The number of hydrogen-bond donors (Lipinski definition) is 4. The van der Waals surface area contributed by atoms with Gasteiger partial charge in [0.25, 0.3) is 0 Å². The lowest BCUT2D eigenvalue weighted by Gasteiger charge is -2.06. The molecular weight excluding hydrogens is 448 g/mol. The molecule has 2 aliphatic heterocycles. The summed E-state index contributed by atoms with van der Waals surface area (Å²) in [6.07, 6.45) is 10.3. The van der Waals surface area contributed by atoms with Crippen molar-refractivity contribution in [2.24, 2.45) is 0 Å². The summed E-state index contributed by atoms with van der Waals surface area (Å²) in [6.45, 7) is 2.11. The summed E-state index contributed by atoms with van der Waals surface area (Å²) in [4.78, 5) is 25.5. The molecule has 0 amide bonds. The molecule has 0 saturated carbocycles. The van der Waals surface area contributed by atoms with Crippen molar-refractivity contribution in [1.29, 1.82) is 0 Å². The third-order valence-corrected chi connectivity index (χ3v) is 7.32. The normalized spacial score (nSPS) is 19.9. The average molecular weight is 477 g/mol. The van der Waals surface area contributed by atoms with Gasteiger partial charge in [-0.1, -0.05) is 30.3 Å². The molecule has 2 aliphatic rings. The number of aromatic amines is 2. The Balaban J connectivity index is 1.09. The van der Waals surface area contributed by atoms with E-state index in [4.69, 9.17) is 4.98 Å². The smallest absolute Gasteiger partial charge is 0.177 e. The highest BCUT2D eigenvalue weighted by atomic mass is 15.1. The Kier molecular flexibility index (Phi) is 5.33. The predicted molar refractivity (Wildman–Crippen MR) is 140 cm³/mol. The van der Waals surface area contributed by atoms with Crippen molar-refractivity contribution in [3.05, 3.63) is 72.7 Å². The number of fused-ring (bicyclic) bond motifs is 1. The van der Waals surface area contributed by atoms with Gasteiger partial charge in [0, 0.05) is 23.5 Å². The van der Waals surface area contributed by atoms with Crippen LogP contribution < -0.4 is 10.6 Å². The van der Waals surface area contributed by atoms with Crippen molar-refractivity contribution in [1.82, 2.24) is 40.5 Å². The van der Waals surface area contributed by atoms with Gasteiger partial charge in [-0.25, -0.2) is 15.0 Å². The molecule has 0 bridgehead atoms. The van der Waals surface area contributed by atoms with Crippen molar-refractivity contribution < 1.29 is 0 Å². The molecule has 2 atom stereocenters. The molecule has 2 fully saturated rings. The molecule has 7 rings (SSSR count). The van der Waals surface area contributed by atoms with Crippen LogP contribution in [0.1, 0.15) is 49.4 Å². The lowest BCUT2D eigenvalue weighted by Crippen LogP contribution is -2.14. The van der Waals surface area contributed by atoms with Gasteiger partial charge in [0.1, 0.15) is 11.6 Å². The molecule has 4 aromatic heterocycles. The molecule has 1 unspecified atom stereocenters. The molecule has 2 saturated heterocycles. The molecular formula is C28H28N8. The number of benzene rings is 1. The second-order valence-corrected chi connectivity index (χ2v) is 9.71. The van der Waals surface area contributed by atoms with E-state index >= 15 is 0 Å². The van der Waals surface area contributed by atoms with E-state index in [0.717, 1.165) is 82.4 Å². The van der Waals surface area contributed by atoms with Crippen LogP contribution in [-0.2, 0) is 0 Å². The van der Waals surface area contributed by atoms with Crippen molar-refractivity contribution in [2.45, 2.75) is 37.8 Å². The first kappa shape index (κ1) is 21.4. The van der Waals surface area contributed by atoms with Crippen LogP contribution in [0.15, 0.2) is 61.1 Å². The van der Waals surface area contributed by atoms with Crippen LogP contribution in [-0.4, -0.2) is 43.0 Å². The van der Waals surface area contributed by atoms with Gasteiger partial charge in [-0.05, 0) is 62.0 Å². The van der Waals surface area contributed by atoms with Crippen LogP contribution in [0.3, 0.4) is 0 Å². The van der Waals surface area contributed by atoms with E-state index in [1.807, 2.05) is 18.6 Å². The van der Waals surface area contributed by atoms with Crippen LogP contribution in [0.5, 0.6) is 0 Å².